The topological polar surface area (TPSA) is 135 Å². The summed E-state index contributed by atoms with van der Waals surface area (Å²) in [6.45, 7) is 3.98. The van der Waals surface area contributed by atoms with Crippen molar-refractivity contribution < 1.29 is 22.5 Å². The predicted octanol–water partition coefficient (Wildman–Crippen LogP) is 2.73. The van der Waals surface area contributed by atoms with Gasteiger partial charge in [-0.2, -0.15) is 4.31 Å². The first kappa shape index (κ1) is 23.2. The molecule has 0 saturated carbocycles. The van der Waals surface area contributed by atoms with Gasteiger partial charge >= 0.3 is 5.76 Å². The molecule has 2 aromatic carbocycles. The standard InChI is InChI=1S/C21H21ClN4O6S/c1-12-10-26(11-13(2)31-12)33(29,30)18-9-15(6-7-17(18)22)20(27)23-16-5-3-4-14(8-16)19-24-21(28)32-25-19/h3-9,12-13H,10-11H2,1-2H3,(H,23,27)(H,24,25,28). The minimum absolute atomic E-state index is 0.0235. The second kappa shape index (κ2) is 9.10. The monoisotopic (exact) mass is 492 g/mol. The molecule has 174 valence electrons. The number of hydrogen-bond acceptors (Lipinski definition) is 7. The summed E-state index contributed by atoms with van der Waals surface area (Å²) in [5, 5.41) is 6.35. The summed E-state index contributed by atoms with van der Waals surface area (Å²) in [4.78, 5) is 26.3. The van der Waals surface area contributed by atoms with Crippen LogP contribution >= 0.6 is 11.6 Å². The van der Waals surface area contributed by atoms with E-state index in [0.29, 0.717) is 11.3 Å². The number of aromatic nitrogens is 2. The number of carbonyl (C=O) groups excluding carboxylic acids is 1. The molecule has 2 atom stereocenters. The summed E-state index contributed by atoms with van der Waals surface area (Å²) in [7, 11) is -3.94. The van der Waals surface area contributed by atoms with Crippen LogP contribution in [0.5, 0.6) is 0 Å². The molecule has 12 heteroatoms. The highest BCUT2D eigenvalue weighted by Crippen LogP contribution is 2.28. The summed E-state index contributed by atoms with van der Waals surface area (Å²) < 4.78 is 37.9. The fourth-order valence-electron chi connectivity index (χ4n) is 3.61. The Bertz CT molecular complexity index is 1340. The van der Waals surface area contributed by atoms with Gasteiger partial charge in [-0.3, -0.25) is 14.3 Å². The van der Waals surface area contributed by atoms with E-state index in [1.807, 2.05) is 0 Å². The first-order valence-corrected chi connectivity index (χ1v) is 11.9. The Kier molecular flexibility index (Phi) is 6.39. The van der Waals surface area contributed by atoms with E-state index in [1.165, 1.54) is 22.5 Å². The Morgan fingerprint density at radius 2 is 1.91 bits per heavy atom. The van der Waals surface area contributed by atoms with Crippen LogP contribution in [-0.2, 0) is 14.8 Å². The Morgan fingerprint density at radius 3 is 2.58 bits per heavy atom. The van der Waals surface area contributed by atoms with E-state index in [9.17, 15) is 18.0 Å². The molecule has 2 N–H and O–H groups in total. The summed E-state index contributed by atoms with van der Waals surface area (Å²) in [6.07, 6.45) is -0.526. The first-order chi connectivity index (χ1) is 15.6. The number of nitrogens with zero attached hydrogens (tertiary/aromatic N) is 2. The zero-order chi connectivity index (χ0) is 23.8. The number of rotatable bonds is 5. The second-order valence-electron chi connectivity index (χ2n) is 7.70. The Balaban J connectivity index is 1.59. The molecule has 0 aliphatic carbocycles. The number of amides is 1. The number of sulfonamides is 1. The van der Waals surface area contributed by atoms with Gasteiger partial charge in [0.15, 0.2) is 5.82 Å². The minimum Gasteiger partial charge on any atom is -0.373 e. The molecule has 0 radical (unpaired) electrons. The lowest BCUT2D eigenvalue weighted by Crippen LogP contribution is -2.48. The number of anilines is 1. The van der Waals surface area contributed by atoms with E-state index in [1.54, 1.807) is 38.1 Å². The van der Waals surface area contributed by atoms with Crippen molar-refractivity contribution in [1.82, 2.24) is 14.4 Å². The van der Waals surface area contributed by atoms with Gasteiger partial charge < -0.3 is 10.1 Å². The number of ether oxygens (including phenoxy) is 1. The highest BCUT2D eigenvalue weighted by atomic mass is 35.5. The van der Waals surface area contributed by atoms with Crippen LogP contribution in [0.1, 0.15) is 24.2 Å². The first-order valence-electron chi connectivity index (χ1n) is 10.1. The minimum atomic E-state index is -3.94. The van der Waals surface area contributed by atoms with Crippen molar-refractivity contribution in [3.05, 3.63) is 63.6 Å². The lowest BCUT2D eigenvalue weighted by atomic mass is 10.1. The average molecular weight is 493 g/mol. The molecule has 33 heavy (non-hydrogen) atoms. The van der Waals surface area contributed by atoms with Crippen LogP contribution in [0, 0.1) is 0 Å². The third kappa shape index (κ3) is 5.01. The third-order valence-corrected chi connectivity index (χ3v) is 7.34. The molecular weight excluding hydrogens is 472 g/mol. The number of H-pyrrole nitrogens is 1. The van der Waals surface area contributed by atoms with Gasteiger partial charge in [-0.15, -0.1) is 0 Å². The molecule has 2 heterocycles. The van der Waals surface area contributed by atoms with E-state index in [4.69, 9.17) is 16.3 Å². The van der Waals surface area contributed by atoms with Crippen LogP contribution < -0.4 is 11.1 Å². The van der Waals surface area contributed by atoms with E-state index in [2.05, 4.69) is 20.0 Å². The molecule has 4 rings (SSSR count). The van der Waals surface area contributed by atoms with Crippen LogP contribution in [0.15, 0.2) is 56.7 Å². The second-order valence-corrected chi connectivity index (χ2v) is 10.0. The predicted molar refractivity (Wildman–Crippen MR) is 121 cm³/mol. The summed E-state index contributed by atoms with van der Waals surface area (Å²) >= 11 is 6.21. The molecule has 10 nitrogen and oxygen atoms in total. The van der Waals surface area contributed by atoms with Gasteiger partial charge in [-0.1, -0.05) is 28.9 Å². The number of hydrogen-bond donors (Lipinski definition) is 2. The van der Waals surface area contributed by atoms with Crippen molar-refractivity contribution in [2.75, 3.05) is 18.4 Å². The van der Waals surface area contributed by atoms with Crippen LogP contribution in [-0.4, -0.2) is 54.1 Å². The molecule has 1 aliphatic heterocycles. The fourth-order valence-corrected chi connectivity index (χ4v) is 5.70. The molecule has 2 unspecified atom stereocenters. The maximum atomic E-state index is 13.2. The molecule has 1 aromatic heterocycles. The van der Waals surface area contributed by atoms with E-state index >= 15 is 0 Å². The molecular formula is C21H21ClN4O6S. The smallest absolute Gasteiger partial charge is 0.373 e. The van der Waals surface area contributed by atoms with Crippen molar-refractivity contribution in [1.29, 1.82) is 0 Å². The van der Waals surface area contributed by atoms with Crippen molar-refractivity contribution in [3.63, 3.8) is 0 Å². The van der Waals surface area contributed by atoms with Crippen molar-refractivity contribution in [2.24, 2.45) is 0 Å². The molecule has 1 saturated heterocycles. The van der Waals surface area contributed by atoms with E-state index < -0.39 is 21.7 Å². The normalized spacial score (nSPS) is 19.4. The summed E-state index contributed by atoms with van der Waals surface area (Å²) in [6, 6.07) is 10.7. The third-order valence-electron chi connectivity index (χ3n) is 5.03. The zero-order valence-electron chi connectivity index (χ0n) is 17.7. The highest BCUT2D eigenvalue weighted by Gasteiger charge is 2.33. The SMILES string of the molecule is CC1CN(S(=O)(=O)c2cc(C(=O)Nc3cccc(-c4noc(=O)[nH]4)c3)ccc2Cl)CC(C)O1. The molecule has 0 spiro atoms. The fraction of sp³-hybridized carbons (Fsp3) is 0.286. The van der Waals surface area contributed by atoms with Gasteiger partial charge in [-0.05, 0) is 44.2 Å². The average Bonchev–Trinajstić information content (AvgIpc) is 3.20. The summed E-state index contributed by atoms with van der Waals surface area (Å²) in [5.74, 6) is -1.01. The van der Waals surface area contributed by atoms with Crippen molar-refractivity contribution in [2.45, 2.75) is 31.0 Å². The Hall–Kier alpha value is -2.99. The van der Waals surface area contributed by atoms with Crippen LogP contribution in [0.4, 0.5) is 5.69 Å². The lowest BCUT2D eigenvalue weighted by Gasteiger charge is -2.34. The van der Waals surface area contributed by atoms with E-state index in [0.717, 1.165) is 0 Å². The lowest BCUT2D eigenvalue weighted by molar-refractivity contribution is -0.0440. The maximum Gasteiger partial charge on any atom is 0.439 e. The largest absolute Gasteiger partial charge is 0.439 e. The highest BCUT2D eigenvalue weighted by molar-refractivity contribution is 7.89. The maximum absolute atomic E-state index is 13.2. The Labute approximate surface area is 194 Å². The number of aromatic amines is 1. The van der Waals surface area contributed by atoms with Crippen LogP contribution in [0.25, 0.3) is 11.4 Å². The zero-order valence-corrected chi connectivity index (χ0v) is 19.3. The van der Waals surface area contributed by atoms with Gasteiger partial charge in [0.25, 0.3) is 5.91 Å². The quantitative estimate of drug-likeness (QED) is 0.559. The van der Waals surface area contributed by atoms with Gasteiger partial charge in [0.05, 0.1) is 17.2 Å². The Morgan fingerprint density at radius 1 is 1.18 bits per heavy atom. The molecule has 1 aliphatic rings. The van der Waals surface area contributed by atoms with Gasteiger partial charge in [-0.25, -0.2) is 13.2 Å². The number of carbonyl (C=O) groups is 1. The van der Waals surface area contributed by atoms with Gasteiger partial charge in [0, 0.05) is 29.9 Å². The van der Waals surface area contributed by atoms with Gasteiger partial charge in [0.1, 0.15) is 4.90 Å². The molecule has 0 bridgehead atoms. The van der Waals surface area contributed by atoms with Crippen molar-refractivity contribution >= 4 is 33.2 Å². The number of morpholine rings is 1. The van der Waals surface area contributed by atoms with Crippen LogP contribution in [0.2, 0.25) is 5.02 Å². The van der Waals surface area contributed by atoms with Gasteiger partial charge in [0.2, 0.25) is 10.0 Å². The number of nitrogens with one attached hydrogen (secondary N) is 2. The van der Waals surface area contributed by atoms with Crippen LogP contribution in [0.3, 0.4) is 0 Å². The number of benzene rings is 2. The van der Waals surface area contributed by atoms with E-state index in [-0.39, 0.29) is 46.6 Å². The van der Waals surface area contributed by atoms with Crippen molar-refractivity contribution in [3.8, 4) is 11.4 Å². The summed E-state index contributed by atoms with van der Waals surface area (Å²) in [5.41, 5.74) is 1.05. The molecule has 1 amide bonds. The number of halogens is 1. The molecule has 1 fully saturated rings. The molecule has 3 aromatic rings.